The number of piperazine rings is 1. The van der Waals surface area contributed by atoms with E-state index in [1.165, 1.54) is 12.8 Å². The highest BCUT2D eigenvalue weighted by Crippen LogP contribution is 2.27. The number of amides is 1. The fourth-order valence-electron chi connectivity index (χ4n) is 2.87. The van der Waals surface area contributed by atoms with Crippen LogP contribution in [0.5, 0.6) is 0 Å². The average molecular weight is 223 g/mol. The van der Waals surface area contributed by atoms with E-state index in [9.17, 15) is 4.79 Å². The van der Waals surface area contributed by atoms with E-state index < -0.39 is 0 Å². The van der Waals surface area contributed by atoms with E-state index in [1.54, 1.807) is 0 Å². The summed E-state index contributed by atoms with van der Waals surface area (Å²) in [6.45, 7) is 5.99. The first-order valence-electron chi connectivity index (χ1n) is 6.58. The van der Waals surface area contributed by atoms with E-state index in [4.69, 9.17) is 0 Å². The lowest BCUT2D eigenvalue weighted by Crippen LogP contribution is -2.51. The van der Waals surface area contributed by atoms with E-state index in [0.29, 0.717) is 5.91 Å². The summed E-state index contributed by atoms with van der Waals surface area (Å²) >= 11 is 0. The Bertz CT molecular complexity index is 263. The third-order valence-corrected chi connectivity index (χ3v) is 4.10. The summed E-state index contributed by atoms with van der Waals surface area (Å²) < 4.78 is 0. The molecule has 1 atom stereocenters. The van der Waals surface area contributed by atoms with Crippen molar-refractivity contribution >= 4 is 5.91 Å². The molecule has 0 bridgehead atoms. The predicted octanol–water partition coefficient (Wildman–Crippen LogP) is -0.0975. The first kappa shape index (κ1) is 10.5. The van der Waals surface area contributed by atoms with Gasteiger partial charge in [-0.1, -0.05) is 0 Å². The Morgan fingerprint density at radius 3 is 2.38 bits per heavy atom. The smallest absolute Gasteiger partial charge is 0.227 e. The van der Waals surface area contributed by atoms with Gasteiger partial charge in [0.2, 0.25) is 5.91 Å². The van der Waals surface area contributed by atoms with Crippen molar-refractivity contribution in [1.29, 1.82) is 0 Å². The van der Waals surface area contributed by atoms with Gasteiger partial charge in [-0.05, 0) is 25.8 Å². The summed E-state index contributed by atoms with van der Waals surface area (Å²) in [5, 5.41) is 3.27. The largest absolute Gasteiger partial charge is 0.340 e. The number of hydrogen-bond acceptors (Lipinski definition) is 3. The summed E-state index contributed by atoms with van der Waals surface area (Å²) in [5.41, 5.74) is 0. The van der Waals surface area contributed by atoms with Gasteiger partial charge in [-0.3, -0.25) is 9.69 Å². The minimum Gasteiger partial charge on any atom is -0.340 e. The summed E-state index contributed by atoms with van der Waals surface area (Å²) in [5.74, 6) is 0.646. The van der Waals surface area contributed by atoms with Gasteiger partial charge in [0.15, 0.2) is 0 Å². The highest BCUT2D eigenvalue weighted by atomic mass is 16.2. The molecule has 16 heavy (non-hydrogen) atoms. The minimum atomic E-state index is 0.257. The maximum absolute atomic E-state index is 12.2. The zero-order valence-electron chi connectivity index (χ0n) is 9.82. The minimum absolute atomic E-state index is 0.257. The van der Waals surface area contributed by atoms with Gasteiger partial charge in [0, 0.05) is 38.8 Å². The van der Waals surface area contributed by atoms with Gasteiger partial charge in [-0.25, -0.2) is 0 Å². The fourth-order valence-corrected chi connectivity index (χ4v) is 2.87. The Morgan fingerprint density at radius 2 is 1.81 bits per heavy atom. The molecule has 2 aliphatic heterocycles. The maximum atomic E-state index is 12.2. The van der Waals surface area contributed by atoms with E-state index in [0.717, 1.165) is 51.7 Å². The van der Waals surface area contributed by atoms with Crippen molar-refractivity contribution < 1.29 is 4.79 Å². The summed E-state index contributed by atoms with van der Waals surface area (Å²) in [7, 11) is 0. The number of rotatable bonds is 2. The first-order chi connectivity index (χ1) is 7.84. The van der Waals surface area contributed by atoms with Gasteiger partial charge in [0.1, 0.15) is 0 Å². The van der Waals surface area contributed by atoms with Crippen LogP contribution in [0.1, 0.15) is 19.3 Å². The molecule has 0 aromatic heterocycles. The highest BCUT2D eigenvalue weighted by molar-refractivity contribution is 5.79. The van der Waals surface area contributed by atoms with Crippen LogP contribution < -0.4 is 5.32 Å². The molecular weight excluding hydrogens is 202 g/mol. The summed E-state index contributed by atoms with van der Waals surface area (Å²) in [6.07, 6.45) is 3.78. The molecule has 1 saturated carbocycles. The molecule has 3 aliphatic rings. The molecule has 1 N–H and O–H groups in total. The zero-order valence-corrected chi connectivity index (χ0v) is 9.82. The molecule has 0 aromatic carbocycles. The maximum Gasteiger partial charge on any atom is 0.227 e. The van der Waals surface area contributed by atoms with Crippen molar-refractivity contribution in [2.75, 3.05) is 39.3 Å². The molecule has 3 rings (SSSR count). The van der Waals surface area contributed by atoms with Gasteiger partial charge in [-0.15, -0.1) is 0 Å². The Balaban J connectivity index is 1.50. The number of carbonyl (C=O) groups is 1. The van der Waals surface area contributed by atoms with Crippen molar-refractivity contribution in [2.45, 2.75) is 25.3 Å². The number of carbonyl (C=O) groups excluding carboxylic acids is 1. The van der Waals surface area contributed by atoms with Crippen molar-refractivity contribution in [3.05, 3.63) is 0 Å². The molecule has 0 radical (unpaired) electrons. The second-order valence-electron chi connectivity index (χ2n) is 5.28. The van der Waals surface area contributed by atoms with Crippen molar-refractivity contribution in [1.82, 2.24) is 15.1 Å². The average Bonchev–Trinajstić information content (AvgIpc) is 3.04. The van der Waals surface area contributed by atoms with Crippen molar-refractivity contribution in [3.8, 4) is 0 Å². The van der Waals surface area contributed by atoms with E-state index in [1.807, 2.05) is 0 Å². The van der Waals surface area contributed by atoms with Crippen LogP contribution in [0.2, 0.25) is 0 Å². The molecule has 1 aliphatic carbocycles. The molecule has 1 unspecified atom stereocenters. The molecule has 0 spiro atoms. The van der Waals surface area contributed by atoms with Gasteiger partial charge < -0.3 is 10.2 Å². The third-order valence-electron chi connectivity index (χ3n) is 4.10. The number of hydrogen-bond donors (Lipinski definition) is 1. The number of nitrogens with one attached hydrogen (secondary N) is 1. The topological polar surface area (TPSA) is 35.6 Å². The SMILES string of the molecule is O=C(C1CCNC1)N1CCN(C2CC2)CC1. The molecule has 4 nitrogen and oxygen atoms in total. The van der Waals surface area contributed by atoms with Crippen LogP contribution >= 0.6 is 0 Å². The second-order valence-corrected chi connectivity index (χ2v) is 5.28. The first-order valence-corrected chi connectivity index (χ1v) is 6.58. The Hall–Kier alpha value is -0.610. The monoisotopic (exact) mass is 223 g/mol. The molecule has 4 heteroatoms. The molecule has 2 heterocycles. The third kappa shape index (κ3) is 2.09. The Kier molecular flexibility index (Phi) is 2.86. The molecule has 90 valence electrons. The Morgan fingerprint density at radius 1 is 1.06 bits per heavy atom. The fraction of sp³-hybridized carbons (Fsp3) is 0.917. The molecule has 1 amide bonds. The van der Waals surface area contributed by atoms with Gasteiger partial charge in [0.05, 0.1) is 5.92 Å². The highest BCUT2D eigenvalue weighted by Gasteiger charge is 2.34. The van der Waals surface area contributed by atoms with Crippen molar-refractivity contribution in [3.63, 3.8) is 0 Å². The molecule has 3 fully saturated rings. The van der Waals surface area contributed by atoms with Crippen molar-refractivity contribution in [2.24, 2.45) is 5.92 Å². The summed E-state index contributed by atoms with van der Waals surface area (Å²) in [4.78, 5) is 16.8. The van der Waals surface area contributed by atoms with Gasteiger partial charge in [-0.2, -0.15) is 0 Å². The zero-order chi connectivity index (χ0) is 11.0. The Labute approximate surface area is 97.0 Å². The van der Waals surface area contributed by atoms with E-state index in [2.05, 4.69) is 15.1 Å². The lowest BCUT2D eigenvalue weighted by molar-refractivity contribution is -0.136. The van der Waals surface area contributed by atoms with Crippen LogP contribution in [-0.4, -0.2) is 61.0 Å². The van der Waals surface area contributed by atoms with Gasteiger partial charge in [0.25, 0.3) is 0 Å². The van der Waals surface area contributed by atoms with E-state index >= 15 is 0 Å². The van der Waals surface area contributed by atoms with Crippen LogP contribution in [0.3, 0.4) is 0 Å². The quantitative estimate of drug-likeness (QED) is 0.710. The van der Waals surface area contributed by atoms with Crippen LogP contribution in [0.25, 0.3) is 0 Å². The van der Waals surface area contributed by atoms with Crippen LogP contribution in [0.15, 0.2) is 0 Å². The molecule has 2 saturated heterocycles. The second kappa shape index (κ2) is 4.34. The number of nitrogens with zero attached hydrogens (tertiary/aromatic N) is 2. The normalized spacial score (nSPS) is 32.0. The van der Waals surface area contributed by atoms with Crippen LogP contribution in [0, 0.1) is 5.92 Å². The van der Waals surface area contributed by atoms with Gasteiger partial charge >= 0.3 is 0 Å². The molecule has 0 aromatic rings. The van der Waals surface area contributed by atoms with Crippen LogP contribution in [0.4, 0.5) is 0 Å². The molecular formula is C12H21N3O. The predicted molar refractivity (Wildman–Crippen MR) is 62.2 cm³/mol. The van der Waals surface area contributed by atoms with Crippen LogP contribution in [-0.2, 0) is 4.79 Å². The lowest BCUT2D eigenvalue weighted by atomic mass is 10.1. The standard InChI is InChI=1S/C12H21N3O/c16-12(10-3-4-13-9-10)15-7-5-14(6-8-15)11-1-2-11/h10-11,13H,1-9H2. The summed E-state index contributed by atoms with van der Waals surface area (Å²) in [6, 6.07) is 0.852. The van der Waals surface area contributed by atoms with E-state index in [-0.39, 0.29) is 5.92 Å². The lowest BCUT2D eigenvalue weighted by Gasteiger charge is -2.36.